The summed E-state index contributed by atoms with van der Waals surface area (Å²) in [4.78, 5) is 12.5. The van der Waals surface area contributed by atoms with Crippen molar-refractivity contribution in [2.75, 3.05) is 13.2 Å². The molecule has 130 valence electrons. The molecule has 0 spiro atoms. The summed E-state index contributed by atoms with van der Waals surface area (Å²) in [5.74, 6) is 0. The first-order chi connectivity index (χ1) is 11.2. The molecule has 1 saturated heterocycles. The average Bonchev–Trinajstić information content (AvgIpc) is 2.82. The summed E-state index contributed by atoms with van der Waals surface area (Å²) in [6, 6.07) is 7.15. The van der Waals surface area contributed by atoms with Gasteiger partial charge in [0.2, 0.25) is 0 Å². The van der Waals surface area contributed by atoms with Crippen molar-refractivity contribution in [3.63, 3.8) is 0 Å². The maximum atomic E-state index is 12.5. The van der Waals surface area contributed by atoms with E-state index in [4.69, 9.17) is 15.2 Å². The van der Waals surface area contributed by atoms with Crippen molar-refractivity contribution in [1.29, 1.82) is 0 Å². The molecule has 6 nitrogen and oxygen atoms in total. The number of para-hydroxylation sites is 1. The second-order valence-corrected chi connectivity index (χ2v) is 7.43. The minimum atomic E-state index is -0.991. The summed E-state index contributed by atoms with van der Waals surface area (Å²) in [5.41, 5.74) is 6.28. The van der Waals surface area contributed by atoms with Crippen LogP contribution in [-0.4, -0.2) is 46.2 Å². The molecule has 6 heteroatoms. The van der Waals surface area contributed by atoms with Crippen LogP contribution in [0.25, 0.3) is 10.9 Å². The van der Waals surface area contributed by atoms with E-state index in [0.717, 1.165) is 16.5 Å². The molecule has 0 amide bonds. The molecule has 1 atom stereocenters. The van der Waals surface area contributed by atoms with E-state index in [1.165, 1.54) is 4.57 Å². The summed E-state index contributed by atoms with van der Waals surface area (Å²) < 4.78 is 12.1. The molecule has 2 aromatic rings. The zero-order chi connectivity index (χ0) is 17.5. The molecule has 1 aliphatic rings. The van der Waals surface area contributed by atoms with Gasteiger partial charge in [-0.1, -0.05) is 18.2 Å². The molecule has 2 heterocycles. The van der Waals surface area contributed by atoms with E-state index in [1.54, 1.807) is 6.20 Å². The summed E-state index contributed by atoms with van der Waals surface area (Å²) in [6.45, 7) is 6.00. The van der Waals surface area contributed by atoms with Crippen LogP contribution >= 0.6 is 0 Å². The Hall–Kier alpha value is -1.89. The molecule has 0 radical (unpaired) electrons. The van der Waals surface area contributed by atoms with Crippen LogP contribution in [0.4, 0.5) is 4.79 Å². The zero-order valence-electron chi connectivity index (χ0n) is 14.3. The third-order valence-corrected chi connectivity index (χ3v) is 4.22. The number of benzene rings is 1. The van der Waals surface area contributed by atoms with Crippen LogP contribution in [0.1, 0.15) is 26.3 Å². The molecule has 1 aromatic heterocycles. The Kier molecular flexibility index (Phi) is 4.15. The van der Waals surface area contributed by atoms with E-state index in [0.29, 0.717) is 6.42 Å². The molecule has 0 aliphatic carbocycles. The Morgan fingerprint density at radius 2 is 2.08 bits per heavy atom. The van der Waals surface area contributed by atoms with Gasteiger partial charge in [0.1, 0.15) is 11.2 Å². The molecule has 24 heavy (non-hydrogen) atoms. The zero-order valence-corrected chi connectivity index (χ0v) is 14.3. The highest BCUT2D eigenvalue weighted by molar-refractivity contribution is 5.92. The summed E-state index contributed by atoms with van der Waals surface area (Å²) in [6.07, 6.45) is 1.78. The number of aromatic nitrogens is 1. The number of ether oxygens (including phenoxy) is 2. The first-order valence-electron chi connectivity index (χ1n) is 8.08. The average molecular weight is 332 g/mol. The van der Waals surface area contributed by atoms with Gasteiger partial charge in [-0.15, -0.1) is 0 Å². The topological polar surface area (TPSA) is 86.7 Å². The number of aliphatic hydroxyl groups is 1. The summed E-state index contributed by atoms with van der Waals surface area (Å²) in [7, 11) is 0. The highest BCUT2D eigenvalue weighted by Crippen LogP contribution is 2.27. The largest absolute Gasteiger partial charge is 0.443 e. The van der Waals surface area contributed by atoms with Crippen LogP contribution in [0.2, 0.25) is 0 Å². The van der Waals surface area contributed by atoms with Gasteiger partial charge in [-0.2, -0.15) is 0 Å². The lowest BCUT2D eigenvalue weighted by Gasteiger charge is -2.40. The van der Waals surface area contributed by atoms with Gasteiger partial charge in [-0.3, -0.25) is 4.57 Å². The fraction of sp³-hybridized carbons (Fsp3) is 0.500. The second-order valence-electron chi connectivity index (χ2n) is 7.43. The van der Waals surface area contributed by atoms with Gasteiger partial charge in [-0.05, 0) is 38.8 Å². The lowest BCUT2D eigenvalue weighted by Crippen LogP contribution is -2.62. The monoisotopic (exact) mass is 332 g/mol. The molecule has 3 rings (SSSR count). The standard InChI is InChI=1S/C18H24N2O4/c1-17(2,3)24-16(21)20-9-12(13-6-4-5-7-14(13)20)8-15(19)18(22)10-23-11-18/h4-7,9,15,22H,8,10-11,19H2,1-3H3/t15-/m1/s1. The number of hydrogen-bond donors (Lipinski definition) is 2. The van der Waals surface area contributed by atoms with Crippen LogP contribution in [0.3, 0.4) is 0 Å². The smallest absolute Gasteiger partial charge is 0.419 e. The molecule has 3 N–H and O–H groups in total. The Labute approximate surface area is 141 Å². The van der Waals surface area contributed by atoms with E-state index < -0.39 is 23.3 Å². The van der Waals surface area contributed by atoms with Gasteiger partial charge in [0.15, 0.2) is 0 Å². The number of rotatable bonds is 3. The van der Waals surface area contributed by atoms with Crippen LogP contribution in [-0.2, 0) is 15.9 Å². The number of carbonyl (C=O) groups excluding carboxylic acids is 1. The second kappa shape index (κ2) is 5.88. The normalized spacial score (nSPS) is 18.2. The van der Waals surface area contributed by atoms with Crippen LogP contribution < -0.4 is 5.73 Å². The van der Waals surface area contributed by atoms with Gasteiger partial charge in [-0.25, -0.2) is 4.79 Å². The first kappa shape index (κ1) is 17.0. The predicted octanol–water partition coefficient (Wildman–Crippen LogP) is 2.06. The number of carbonyl (C=O) groups is 1. The lowest BCUT2D eigenvalue weighted by atomic mass is 9.88. The Bertz CT molecular complexity index is 756. The third-order valence-electron chi connectivity index (χ3n) is 4.22. The third kappa shape index (κ3) is 3.17. The molecule has 0 unspecified atom stereocenters. The molecule has 0 saturated carbocycles. The van der Waals surface area contributed by atoms with E-state index in [9.17, 15) is 9.90 Å². The maximum Gasteiger partial charge on any atom is 0.419 e. The SMILES string of the molecule is CC(C)(C)OC(=O)n1cc(C[C@@H](N)C2(O)COC2)c2ccccc21. The summed E-state index contributed by atoms with van der Waals surface area (Å²) in [5, 5.41) is 11.3. The van der Waals surface area contributed by atoms with Crippen molar-refractivity contribution in [2.45, 2.75) is 44.4 Å². The number of fused-ring (bicyclic) bond motifs is 1. The fourth-order valence-electron chi connectivity index (χ4n) is 2.83. The molecule has 1 aromatic carbocycles. The van der Waals surface area contributed by atoms with Crippen molar-refractivity contribution in [1.82, 2.24) is 4.57 Å². The maximum absolute atomic E-state index is 12.5. The highest BCUT2D eigenvalue weighted by atomic mass is 16.6. The fourth-order valence-corrected chi connectivity index (χ4v) is 2.83. The highest BCUT2D eigenvalue weighted by Gasteiger charge is 2.42. The first-order valence-corrected chi connectivity index (χ1v) is 8.08. The van der Waals surface area contributed by atoms with E-state index in [2.05, 4.69) is 0 Å². The van der Waals surface area contributed by atoms with Crippen LogP contribution in [0.15, 0.2) is 30.5 Å². The molecule has 1 aliphatic heterocycles. The van der Waals surface area contributed by atoms with Crippen LogP contribution in [0.5, 0.6) is 0 Å². The molecule has 0 bridgehead atoms. The predicted molar refractivity (Wildman–Crippen MR) is 91.0 cm³/mol. The van der Waals surface area contributed by atoms with Gasteiger partial charge >= 0.3 is 6.09 Å². The van der Waals surface area contributed by atoms with Gasteiger partial charge in [0.25, 0.3) is 0 Å². The Morgan fingerprint density at radius 1 is 1.42 bits per heavy atom. The number of nitrogens with zero attached hydrogens (tertiary/aromatic N) is 1. The van der Waals surface area contributed by atoms with E-state index in [1.807, 2.05) is 45.0 Å². The molecular weight excluding hydrogens is 308 g/mol. The number of hydrogen-bond acceptors (Lipinski definition) is 5. The molecular formula is C18H24N2O4. The van der Waals surface area contributed by atoms with Crippen molar-refractivity contribution in [2.24, 2.45) is 5.73 Å². The quantitative estimate of drug-likeness (QED) is 0.898. The van der Waals surface area contributed by atoms with Gasteiger partial charge in [0, 0.05) is 17.6 Å². The van der Waals surface area contributed by atoms with Crippen molar-refractivity contribution in [3.05, 3.63) is 36.0 Å². The van der Waals surface area contributed by atoms with E-state index >= 15 is 0 Å². The molecule has 1 fully saturated rings. The van der Waals surface area contributed by atoms with Crippen molar-refractivity contribution >= 4 is 17.0 Å². The minimum absolute atomic E-state index is 0.249. The van der Waals surface area contributed by atoms with Gasteiger partial charge in [0.05, 0.1) is 18.7 Å². The summed E-state index contributed by atoms with van der Waals surface area (Å²) >= 11 is 0. The minimum Gasteiger partial charge on any atom is -0.443 e. The van der Waals surface area contributed by atoms with E-state index in [-0.39, 0.29) is 13.2 Å². The Morgan fingerprint density at radius 3 is 2.67 bits per heavy atom. The van der Waals surface area contributed by atoms with Crippen molar-refractivity contribution < 1.29 is 19.4 Å². The van der Waals surface area contributed by atoms with Crippen LogP contribution in [0, 0.1) is 0 Å². The number of nitrogens with two attached hydrogens (primary N) is 1. The lowest BCUT2D eigenvalue weighted by molar-refractivity contribution is -0.189. The van der Waals surface area contributed by atoms with Crippen molar-refractivity contribution in [3.8, 4) is 0 Å². The Balaban J connectivity index is 1.93. The van der Waals surface area contributed by atoms with Gasteiger partial charge < -0.3 is 20.3 Å².